The lowest BCUT2D eigenvalue weighted by Gasteiger charge is -2.26. The molecule has 0 aliphatic carbocycles. The lowest BCUT2D eigenvalue weighted by Crippen LogP contribution is -2.59. The normalized spacial score (nSPS) is 33.0. The maximum atomic E-state index is 10.6. The molecule has 2 unspecified atom stereocenters. The highest BCUT2D eigenvalue weighted by atomic mass is 16.2. The first-order valence-corrected chi connectivity index (χ1v) is 3.22. The summed E-state index contributed by atoms with van der Waals surface area (Å²) in [6.07, 6.45) is 0. The number of rotatable bonds is 0. The van der Waals surface area contributed by atoms with Crippen molar-refractivity contribution in [1.29, 1.82) is 0 Å². The van der Waals surface area contributed by atoms with Crippen LogP contribution in [0.3, 0.4) is 0 Å². The maximum absolute atomic E-state index is 10.6. The zero-order valence-electron chi connectivity index (χ0n) is 5.97. The summed E-state index contributed by atoms with van der Waals surface area (Å²) in [6.45, 7) is 3.70. The molecule has 0 radical (unpaired) electrons. The third kappa shape index (κ3) is 1.10. The molecule has 0 bridgehead atoms. The Kier molecular flexibility index (Phi) is 1.61. The van der Waals surface area contributed by atoms with Crippen LogP contribution in [-0.2, 0) is 9.59 Å². The molecule has 2 atom stereocenters. The molecule has 0 saturated carbocycles. The van der Waals surface area contributed by atoms with E-state index in [4.69, 9.17) is 0 Å². The molecule has 10 heavy (non-hydrogen) atoms. The number of hydrogen-bond donors (Lipinski definition) is 2. The molecule has 0 aromatic carbocycles. The average molecular weight is 142 g/mol. The van der Waals surface area contributed by atoms with E-state index in [0.29, 0.717) is 0 Å². The third-order valence-electron chi connectivity index (χ3n) is 1.67. The molecule has 0 aromatic rings. The van der Waals surface area contributed by atoms with Crippen molar-refractivity contribution >= 4 is 11.8 Å². The molecule has 56 valence electrons. The highest BCUT2D eigenvalue weighted by molar-refractivity contribution is 6.35. The number of hydrogen-bond acceptors (Lipinski definition) is 2. The Labute approximate surface area is 59.0 Å². The Balaban J connectivity index is 2.63. The van der Waals surface area contributed by atoms with Gasteiger partial charge in [-0.2, -0.15) is 0 Å². The van der Waals surface area contributed by atoms with Gasteiger partial charge in [0.05, 0.1) is 0 Å². The van der Waals surface area contributed by atoms with Crippen LogP contribution in [0.15, 0.2) is 0 Å². The Morgan fingerprint density at radius 2 is 1.30 bits per heavy atom. The van der Waals surface area contributed by atoms with Gasteiger partial charge in [0.2, 0.25) is 0 Å². The van der Waals surface area contributed by atoms with Gasteiger partial charge in [-0.25, -0.2) is 0 Å². The lowest BCUT2D eigenvalue weighted by atomic mass is 10.1. The van der Waals surface area contributed by atoms with Gasteiger partial charge in [-0.15, -0.1) is 0 Å². The standard InChI is InChI=1S/C6H10N2O2/c1-3-4(2)8-6(10)5(9)7-3/h3-4H,1-2H3,(H,7,9)(H,8,10). The van der Waals surface area contributed by atoms with Crippen molar-refractivity contribution in [3.63, 3.8) is 0 Å². The lowest BCUT2D eigenvalue weighted by molar-refractivity contribution is -0.142. The first-order valence-electron chi connectivity index (χ1n) is 3.22. The van der Waals surface area contributed by atoms with Crippen LogP contribution in [0, 0.1) is 0 Å². The van der Waals surface area contributed by atoms with E-state index in [-0.39, 0.29) is 12.1 Å². The zero-order valence-corrected chi connectivity index (χ0v) is 5.97. The third-order valence-corrected chi connectivity index (χ3v) is 1.67. The minimum Gasteiger partial charge on any atom is -0.343 e. The van der Waals surface area contributed by atoms with E-state index in [2.05, 4.69) is 10.6 Å². The van der Waals surface area contributed by atoms with Crippen LogP contribution in [0.5, 0.6) is 0 Å². The summed E-state index contributed by atoms with van der Waals surface area (Å²) < 4.78 is 0. The van der Waals surface area contributed by atoms with Crippen LogP contribution >= 0.6 is 0 Å². The number of amides is 2. The van der Waals surface area contributed by atoms with Crippen LogP contribution in [0.2, 0.25) is 0 Å². The second-order valence-electron chi connectivity index (χ2n) is 2.52. The van der Waals surface area contributed by atoms with Crippen molar-refractivity contribution < 1.29 is 9.59 Å². The predicted molar refractivity (Wildman–Crippen MR) is 35.2 cm³/mol. The van der Waals surface area contributed by atoms with Gasteiger partial charge < -0.3 is 10.6 Å². The van der Waals surface area contributed by atoms with E-state index in [1.165, 1.54) is 0 Å². The quantitative estimate of drug-likeness (QED) is 0.427. The Morgan fingerprint density at radius 1 is 1.00 bits per heavy atom. The van der Waals surface area contributed by atoms with Crippen LogP contribution in [0.25, 0.3) is 0 Å². The van der Waals surface area contributed by atoms with Gasteiger partial charge >= 0.3 is 11.8 Å². The number of nitrogens with one attached hydrogen (secondary N) is 2. The summed E-state index contributed by atoms with van der Waals surface area (Å²) in [4.78, 5) is 21.3. The highest BCUT2D eigenvalue weighted by Gasteiger charge is 2.27. The fourth-order valence-electron chi connectivity index (χ4n) is 0.795. The molecule has 0 aromatic heterocycles. The van der Waals surface area contributed by atoms with Gasteiger partial charge in [0.15, 0.2) is 0 Å². The van der Waals surface area contributed by atoms with Gasteiger partial charge in [-0.1, -0.05) is 0 Å². The van der Waals surface area contributed by atoms with E-state index in [9.17, 15) is 9.59 Å². The molecular weight excluding hydrogens is 132 g/mol. The molecule has 4 nitrogen and oxygen atoms in total. The second-order valence-corrected chi connectivity index (χ2v) is 2.52. The molecule has 1 heterocycles. The zero-order chi connectivity index (χ0) is 7.72. The SMILES string of the molecule is CC1NC(=O)C(=O)NC1C. The van der Waals surface area contributed by atoms with E-state index in [1.807, 2.05) is 13.8 Å². The van der Waals surface area contributed by atoms with Crippen molar-refractivity contribution in [3.8, 4) is 0 Å². The summed E-state index contributed by atoms with van der Waals surface area (Å²) in [6, 6.07) is 0.0652. The molecule has 1 aliphatic heterocycles. The van der Waals surface area contributed by atoms with Gasteiger partial charge in [0.25, 0.3) is 0 Å². The van der Waals surface area contributed by atoms with Gasteiger partial charge in [0.1, 0.15) is 0 Å². The first-order chi connectivity index (χ1) is 4.61. The molecule has 1 saturated heterocycles. The van der Waals surface area contributed by atoms with Crippen molar-refractivity contribution in [1.82, 2.24) is 10.6 Å². The minimum atomic E-state index is -0.536. The molecule has 1 aliphatic rings. The van der Waals surface area contributed by atoms with Crippen molar-refractivity contribution in [2.24, 2.45) is 0 Å². The van der Waals surface area contributed by atoms with Crippen molar-refractivity contribution in [2.75, 3.05) is 0 Å². The number of piperazine rings is 1. The fourth-order valence-corrected chi connectivity index (χ4v) is 0.795. The van der Waals surface area contributed by atoms with E-state index < -0.39 is 11.8 Å². The van der Waals surface area contributed by atoms with Gasteiger partial charge in [-0.3, -0.25) is 9.59 Å². The Hall–Kier alpha value is -1.06. The van der Waals surface area contributed by atoms with Crippen LogP contribution in [0.1, 0.15) is 13.8 Å². The topological polar surface area (TPSA) is 58.2 Å². The van der Waals surface area contributed by atoms with E-state index in [0.717, 1.165) is 0 Å². The molecule has 0 spiro atoms. The largest absolute Gasteiger partial charge is 0.343 e. The van der Waals surface area contributed by atoms with Crippen LogP contribution in [0.4, 0.5) is 0 Å². The summed E-state index contributed by atoms with van der Waals surface area (Å²) in [5.41, 5.74) is 0. The molecule has 1 rings (SSSR count). The van der Waals surface area contributed by atoms with Gasteiger partial charge in [-0.05, 0) is 13.8 Å². The smallest absolute Gasteiger partial charge is 0.309 e. The van der Waals surface area contributed by atoms with E-state index >= 15 is 0 Å². The molecule has 4 heteroatoms. The average Bonchev–Trinajstić information content (AvgIpc) is 1.84. The fraction of sp³-hybridized carbons (Fsp3) is 0.667. The summed E-state index contributed by atoms with van der Waals surface area (Å²) in [5.74, 6) is -1.07. The number of carbonyl (C=O) groups excluding carboxylic acids is 2. The van der Waals surface area contributed by atoms with E-state index in [1.54, 1.807) is 0 Å². The maximum Gasteiger partial charge on any atom is 0.309 e. The predicted octanol–water partition coefficient (Wildman–Crippen LogP) is -0.991. The molecule has 2 amide bonds. The minimum absolute atomic E-state index is 0.0326. The Morgan fingerprint density at radius 3 is 1.60 bits per heavy atom. The molecular formula is C6H10N2O2. The summed E-state index contributed by atoms with van der Waals surface area (Å²) >= 11 is 0. The van der Waals surface area contributed by atoms with Crippen molar-refractivity contribution in [2.45, 2.75) is 25.9 Å². The molecule has 2 N–H and O–H groups in total. The highest BCUT2D eigenvalue weighted by Crippen LogP contribution is 1.96. The second kappa shape index (κ2) is 2.28. The monoisotopic (exact) mass is 142 g/mol. The van der Waals surface area contributed by atoms with Crippen LogP contribution < -0.4 is 10.6 Å². The summed E-state index contributed by atoms with van der Waals surface area (Å²) in [5, 5.41) is 5.06. The van der Waals surface area contributed by atoms with Crippen LogP contribution in [-0.4, -0.2) is 23.9 Å². The Bertz CT molecular complexity index is 159. The summed E-state index contributed by atoms with van der Waals surface area (Å²) in [7, 11) is 0. The first kappa shape index (κ1) is 7.05. The molecule has 1 fully saturated rings. The van der Waals surface area contributed by atoms with Crippen molar-refractivity contribution in [3.05, 3.63) is 0 Å². The van der Waals surface area contributed by atoms with Gasteiger partial charge in [0, 0.05) is 12.1 Å². The number of carbonyl (C=O) groups is 2.